The van der Waals surface area contributed by atoms with Gasteiger partial charge in [0.15, 0.2) is 0 Å². The molecule has 0 aromatic carbocycles. The summed E-state index contributed by atoms with van der Waals surface area (Å²) < 4.78 is 5.38. The first kappa shape index (κ1) is 13.3. The maximum atomic E-state index is 5.38. The van der Waals surface area contributed by atoms with E-state index in [1.54, 1.807) is 0 Å². The molecule has 1 heterocycles. The van der Waals surface area contributed by atoms with E-state index in [-0.39, 0.29) is 0 Å². The summed E-state index contributed by atoms with van der Waals surface area (Å²) in [6.45, 7) is 9.19. The van der Waals surface area contributed by atoms with Gasteiger partial charge in [-0.1, -0.05) is 13.8 Å². The smallest absolute Gasteiger partial charge is 0.0630 e. The predicted octanol–water partition coefficient (Wildman–Crippen LogP) is 1.88. The minimum absolute atomic E-state index is 0.540. The Morgan fingerprint density at radius 1 is 1.29 bits per heavy atom. The first-order valence-corrected chi connectivity index (χ1v) is 7.07. The molecular weight excluding hydrogens is 212 g/mol. The van der Waals surface area contributed by atoms with Crippen LogP contribution in [0.1, 0.15) is 39.5 Å². The summed E-state index contributed by atoms with van der Waals surface area (Å²) in [6, 6.07) is 1.37. The van der Waals surface area contributed by atoms with Gasteiger partial charge in [0.25, 0.3) is 0 Å². The SMILES string of the molecule is COCC(CNC1CC1)N1CCC(C)(C)CC1. The monoisotopic (exact) mass is 240 g/mol. The Morgan fingerprint density at radius 3 is 2.47 bits per heavy atom. The van der Waals surface area contributed by atoms with E-state index < -0.39 is 0 Å². The molecule has 1 atom stereocenters. The van der Waals surface area contributed by atoms with Gasteiger partial charge in [-0.25, -0.2) is 0 Å². The Kier molecular flexibility index (Phi) is 4.45. The second kappa shape index (κ2) is 5.68. The van der Waals surface area contributed by atoms with Crippen molar-refractivity contribution in [3.63, 3.8) is 0 Å². The third-order valence-corrected chi connectivity index (χ3v) is 4.25. The second-order valence-corrected chi connectivity index (χ2v) is 6.49. The number of ether oxygens (including phenoxy) is 1. The standard InChI is InChI=1S/C14H28N2O/c1-14(2)6-8-16(9-7-14)13(11-17-3)10-15-12-4-5-12/h12-13,15H,4-11H2,1-3H3. The zero-order valence-electron chi connectivity index (χ0n) is 11.7. The summed E-state index contributed by atoms with van der Waals surface area (Å²) in [5.74, 6) is 0. The van der Waals surface area contributed by atoms with E-state index in [1.807, 2.05) is 7.11 Å². The van der Waals surface area contributed by atoms with Crippen LogP contribution in [0.25, 0.3) is 0 Å². The van der Waals surface area contributed by atoms with Crippen molar-refractivity contribution in [1.82, 2.24) is 10.2 Å². The number of hydrogen-bond donors (Lipinski definition) is 1. The van der Waals surface area contributed by atoms with Crippen LogP contribution < -0.4 is 5.32 Å². The van der Waals surface area contributed by atoms with Gasteiger partial charge in [0.2, 0.25) is 0 Å². The van der Waals surface area contributed by atoms with Crippen molar-refractivity contribution in [2.45, 2.75) is 51.6 Å². The summed E-state index contributed by atoms with van der Waals surface area (Å²) in [7, 11) is 1.82. The van der Waals surface area contributed by atoms with Gasteiger partial charge in [0.05, 0.1) is 6.61 Å². The highest BCUT2D eigenvalue weighted by Crippen LogP contribution is 2.30. The van der Waals surface area contributed by atoms with Crippen molar-refractivity contribution in [3.05, 3.63) is 0 Å². The largest absolute Gasteiger partial charge is 0.383 e. The molecule has 0 aromatic heterocycles. The van der Waals surface area contributed by atoms with Gasteiger partial charge in [-0.15, -0.1) is 0 Å². The fraction of sp³-hybridized carbons (Fsp3) is 1.00. The summed E-state index contributed by atoms with van der Waals surface area (Å²) in [6.07, 6.45) is 5.37. The fourth-order valence-corrected chi connectivity index (χ4v) is 2.57. The topological polar surface area (TPSA) is 24.5 Å². The van der Waals surface area contributed by atoms with Crippen LogP contribution in [0.4, 0.5) is 0 Å². The molecule has 0 aromatic rings. The van der Waals surface area contributed by atoms with Crippen LogP contribution in [-0.2, 0) is 4.74 Å². The normalized spacial score (nSPS) is 27.0. The van der Waals surface area contributed by atoms with Crippen molar-refractivity contribution in [3.8, 4) is 0 Å². The Balaban J connectivity index is 1.78. The van der Waals surface area contributed by atoms with Crippen molar-refractivity contribution in [2.24, 2.45) is 5.41 Å². The minimum Gasteiger partial charge on any atom is -0.383 e. The molecule has 2 rings (SSSR count). The van der Waals surface area contributed by atoms with Gasteiger partial charge in [0, 0.05) is 25.7 Å². The summed E-state index contributed by atoms with van der Waals surface area (Å²) in [5.41, 5.74) is 0.540. The number of nitrogens with zero attached hydrogens (tertiary/aromatic N) is 1. The Hall–Kier alpha value is -0.120. The minimum atomic E-state index is 0.540. The lowest BCUT2D eigenvalue weighted by Gasteiger charge is -2.41. The zero-order chi connectivity index (χ0) is 12.3. The number of hydrogen-bond acceptors (Lipinski definition) is 3. The fourth-order valence-electron chi connectivity index (χ4n) is 2.57. The third kappa shape index (κ3) is 4.23. The molecule has 100 valence electrons. The highest BCUT2D eigenvalue weighted by molar-refractivity contribution is 4.87. The summed E-state index contributed by atoms with van der Waals surface area (Å²) in [4.78, 5) is 2.62. The van der Waals surface area contributed by atoms with Crippen LogP contribution in [0, 0.1) is 5.41 Å². The molecule has 1 N–H and O–H groups in total. The molecule has 1 saturated heterocycles. The van der Waals surface area contributed by atoms with E-state index in [0.717, 1.165) is 19.2 Å². The molecule has 2 aliphatic rings. The third-order valence-electron chi connectivity index (χ3n) is 4.25. The highest BCUT2D eigenvalue weighted by Gasteiger charge is 2.30. The molecule has 1 saturated carbocycles. The van der Waals surface area contributed by atoms with Crippen LogP contribution in [-0.4, -0.2) is 50.3 Å². The second-order valence-electron chi connectivity index (χ2n) is 6.49. The van der Waals surface area contributed by atoms with Gasteiger partial charge in [-0.2, -0.15) is 0 Å². The molecule has 1 aliphatic heterocycles. The number of methoxy groups -OCH3 is 1. The molecular formula is C14H28N2O. The van der Waals surface area contributed by atoms with Crippen LogP contribution >= 0.6 is 0 Å². The maximum Gasteiger partial charge on any atom is 0.0630 e. The first-order valence-electron chi connectivity index (χ1n) is 7.07. The average Bonchev–Trinajstić information content (AvgIpc) is 3.08. The molecule has 3 heteroatoms. The Labute approximate surface area is 106 Å². The maximum absolute atomic E-state index is 5.38. The lowest BCUT2D eigenvalue weighted by atomic mass is 9.82. The van der Waals surface area contributed by atoms with Crippen molar-refractivity contribution >= 4 is 0 Å². The van der Waals surface area contributed by atoms with Gasteiger partial charge < -0.3 is 10.1 Å². The molecule has 0 radical (unpaired) electrons. The van der Waals surface area contributed by atoms with Gasteiger partial charge >= 0.3 is 0 Å². The van der Waals surface area contributed by atoms with Gasteiger partial charge in [0.1, 0.15) is 0 Å². The lowest BCUT2D eigenvalue weighted by molar-refractivity contribution is 0.0466. The molecule has 2 fully saturated rings. The zero-order valence-corrected chi connectivity index (χ0v) is 11.7. The molecule has 0 bridgehead atoms. The first-order chi connectivity index (χ1) is 8.11. The summed E-state index contributed by atoms with van der Waals surface area (Å²) in [5, 5.41) is 3.64. The number of rotatable bonds is 6. The molecule has 1 aliphatic carbocycles. The molecule has 17 heavy (non-hydrogen) atoms. The van der Waals surface area contributed by atoms with E-state index in [0.29, 0.717) is 11.5 Å². The van der Waals surface area contributed by atoms with Gasteiger partial charge in [-0.05, 0) is 44.2 Å². The van der Waals surface area contributed by atoms with E-state index in [4.69, 9.17) is 4.74 Å². The van der Waals surface area contributed by atoms with Crippen molar-refractivity contribution < 1.29 is 4.74 Å². The van der Waals surface area contributed by atoms with Crippen LogP contribution in [0.15, 0.2) is 0 Å². The van der Waals surface area contributed by atoms with E-state index in [1.165, 1.54) is 38.8 Å². The van der Waals surface area contributed by atoms with Gasteiger partial charge in [-0.3, -0.25) is 4.90 Å². The van der Waals surface area contributed by atoms with Crippen LogP contribution in [0.5, 0.6) is 0 Å². The van der Waals surface area contributed by atoms with Crippen molar-refractivity contribution in [2.75, 3.05) is 33.4 Å². The summed E-state index contributed by atoms with van der Waals surface area (Å²) >= 11 is 0. The quantitative estimate of drug-likeness (QED) is 0.767. The van der Waals surface area contributed by atoms with Crippen LogP contribution in [0.3, 0.4) is 0 Å². The number of likely N-dealkylation sites (tertiary alicyclic amines) is 1. The lowest BCUT2D eigenvalue weighted by Crippen LogP contribution is -2.50. The molecule has 0 amide bonds. The van der Waals surface area contributed by atoms with Crippen molar-refractivity contribution in [1.29, 1.82) is 0 Å². The van der Waals surface area contributed by atoms with Crippen LogP contribution in [0.2, 0.25) is 0 Å². The van der Waals surface area contributed by atoms with E-state index in [2.05, 4.69) is 24.1 Å². The number of piperidine rings is 1. The Bertz CT molecular complexity index is 228. The predicted molar refractivity (Wildman–Crippen MR) is 71.3 cm³/mol. The average molecular weight is 240 g/mol. The Morgan fingerprint density at radius 2 is 1.94 bits per heavy atom. The highest BCUT2D eigenvalue weighted by atomic mass is 16.5. The molecule has 1 unspecified atom stereocenters. The number of nitrogens with one attached hydrogen (secondary N) is 1. The van der Waals surface area contributed by atoms with E-state index in [9.17, 15) is 0 Å². The molecule has 3 nitrogen and oxygen atoms in total. The van der Waals surface area contributed by atoms with E-state index >= 15 is 0 Å². The molecule has 0 spiro atoms.